The fourth-order valence-corrected chi connectivity index (χ4v) is 9.40. The molecule has 1 aliphatic carbocycles. The van der Waals surface area contributed by atoms with Crippen molar-refractivity contribution in [3.05, 3.63) is 138 Å². The van der Waals surface area contributed by atoms with E-state index in [0.29, 0.717) is 23.3 Å². The number of amides is 4. The van der Waals surface area contributed by atoms with Crippen molar-refractivity contribution in [2.75, 3.05) is 0 Å². The molecular weight excluding hydrogens is 1010 g/mol. The fourth-order valence-electron chi connectivity index (χ4n) is 8.03. The van der Waals surface area contributed by atoms with E-state index in [0.717, 1.165) is 22.4 Å². The summed E-state index contributed by atoms with van der Waals surface area (Å²) < 4.78 is 53.5. The second-order valence-corrected chi connectivity index (χ2v) is 27.6. The predicted octanol–water partition coefficient (Wildman–Crippen LogP) is 12.7. The SMILES string of the molecule is CC(C)(C)OC(=O)N1C(O)CC(c2cncc(F)c2)N1C(=O)OC(C)(C)C.CC(C)(C)OC(=O)NNC(=O)OC(C)(C)C.C[Si](C)(C)OC(c1ccccc1)(c1ccccc1)C1CCCC1.O=C/C=C/c1cncc(F)c1. The molecule has 77 heavy (non-hydrogen) atoms. The van der Waals surface area contributed by atoms with E-state index < -0.39 is 79.0 Å². The van der Waals surface area contributed by atoms with Crippen molar-refractivity contribution in [2.24, 2.45) is 5.92 Å². The molecule has 2 aromatic heterocycles. The maximum Gasteiger partial charge on any atom is 0.431 e. The van der Waals surface area contributed by atoms with E-state index in [1.807, 2.05) is 0 Å². The van der Waals surface area contributed by atoms with E-state index in [9.17, 15) is 37.9 Å². The van der Waals surface area contributed by atoms with Crippen molar-refractivity contribution >= 4 is 45.1 Å². The Morgan fingerprint density at radius 2 is 1.06 bits per heavy atom. The molecule has 6 rings (SSSR count). The number of benzene rings is 2. The molecule has 17 nitrogen and oxygen atoms in total. The minimum absolute atomic E-state index is 0.0381. The van der Waals surface area contributed by atoms with Crippen LogP contribution in [-0.2, 0) is 33.8 Å². The highest BCUT2D eigenvalue weighted by atomic mass is 28.4. The minimum atomic E-state index is -1.73. The van der Waals surface area contributed by atoms with Crippen LogP contribution in [0.4, 0.5) is 28.0 Å². The Kier molecular flexibility index (Phi) is 23.5. The van der Waals surface area contributed by atoms with E-state index in [1.165, 1.54) is 73.5 Å². The Bertz CT molecular complexity index is 2490. The van der Waals surface area contributed by atoms with Crippen LogP contribution in [0.5, 0.6) is 0 Å². The van der Waals surface area contributed by atoms with Crippen molar-refractivity contribution in [2.45, 2.75) is 175 Å². The van der Waals surface area contributed by atoms with E-state index in [-0.39, 0.29) is 12.0 Å². The van der Waals surface area contributed by atoms with Gasteiger partial charge in [0.2, 0.25) is 0 Å². The van der Waals surface area contributed by atoms with Gasteiger partial charge in [0, 0.05) is 18.8 Å². The molecule has 2 atom stereocenters. The highest BCUT2D eigenvalue weighted by Gasteiger charge is 2.49. The van der Waals surface area contributed by atoms with E-state index in [1.54, 1.807) is 83.1 Å². The Balaban J connectivity index is 0.000000284. The second kappa shape index (κ2) is 28.0. The summed E-state index contributed by atoms with van der Waals surface area (Å²) >= 11 is 0. The Morgan fingerprint density at radius 1 is 0.636 bits per heavy atom. The van der Waals surface area contributed by atoms with Crippen LogP contribution in [0.25, 0.3) is 6.08 Å². The van der Waals surface area contributed by atoms with Gasteiger partial charge >= 0.3 is 24.4 Å². The number of aromatic nitrogens is 2. The molecular formula is C57H80F2N6O11Si. The number of hydrogen-bond acceptors (Lipinski definition) is 13. The van der Waals surface area contributed by atoms with Gasteiger partial charge in [-0.1, -0.05) is 79.6 Å². The average Bonchev–Trinajstić information content (AvgIpc) is 3.97. The van der Waals surface area contributed by atoms with Gasteiger partial charge < -0.3 is 28.5 Å². The molecule has 4 aromatic rings. The standard InChI is InChI=1S/C21H28OSi.C18H26FN3O5.C10H20N2O4.C8H6FNO/c1-23(2,3)22-21(20-16-10-11-17-20,18-12-6-4-7-13-18)19-14-8-5-9-15-19;1-17(2,3)26-15(24)21-13(11-7-12(19)10-20-9-11)8-14(23)22(21)16(25)27-18(4,5)6;1-9(2,3)15-7(13)11-12-8(14)16-10(4,5)6;9-8-4-7(2-1-3-11)5-10-6-8/h4-9,12-15,20H,10-11,16-17H2,1-3H3;7,9-10,13-14,23H,8H2,1-6H3;1-6H3,(H,11,13)(H,12,14);1-6H/b;;;2-1+. The average molecular weight is 1090 g/mol. The highest BCUT2D eigenvalue weighted by Crippen LogP contribution is 2.49. The van der Waals surface area contributed by atoms with Gasteiger partial charge in [-0.15, -0.1) is 0 Å². The molecule has 1 saturated carbocycles. The van der Waals surface area contributed by atoms with Gasteiger partial charge in [-0.3, -0.25) is 14.8 Å². The number of rotatable bonds is 8. The van der Waals surface area contributed by atoms with Gasteiger partial charge in [-0.05, 0) is 162 Å². The number of ether oxygens (including phenoxy) is 4. The number of aldehydes is 1. The van der Waals surface area contributed by atoms with Crippen LogP contribution in [0.1, 0.15) is 143 Å². The lowest BCUT2D eigenvalue weighted by Gasteiger charge is -2.44. The third kappa shape index (κ3) is 22.8. The Hall–Kier alpha value is -6.77. The minimum Gasteiger partial charge on any atom is -0.443 e. The summed E-state index contributed by atoms with van der Waals surface area (Å²) in [6.07, 6.45) is 8.92. The van der Waals surface area contributed by atoms with E-state index in [4.69, 9.17) is 23.4 Å². The summed E-state index contributed by atoms with van der Waals surface area (Å²) in [7, 11) is -1.73. The lowest BCUT2D eigenvalue weighted by atomic mass is 9.75. The predicted molar refractivity (Wildman–Crippen MR) is 292 cm³/mol. The number of nitrogens with zero attached hydrogens (tertiary/aromatic N) is 4. The number of aliphatic hydroxyl groups excluding tert-OH is 1. The molecule has 422 valence electrons. The molecule has 2 aliphatic rings. The maximum atomic E-state index is 13.6. The van der Waals surface area contributed by atoms with Gasteiger partial charge in [0.15, 0.2) is 14.5 Å². The highest BCUT2D eigenvalue weighted by molar-refractivity contribution is 6.69. The molecule has 2 fully saturated rings. The lowest BCUT2D eigenvalue weighted by molar-refractivity contribution is -0.104. The molecule has 0 radical (unpaired) electrons. The maximum absolute atomic E-state index is 13.6. The molecule has 4 amide bonds. The smallest absolute Gasteiger partial charge is 0.431 e. The second-order valence-electron chi connectivity index (χ2n) is 23.2. The summed E-state index contributed by atoms with van der Waals surface area (Å²) in [5.41, 5.74) is 4.51. The van der Waals surface area contributed by atoms with Crippen molar-refractivity contribution in [1.29, 1.82) is 0 Å². The molecule has 3 N–H and O–H groups in total. The number of hydrogen-bond donors (Lipinski definition) is 3. The van der Waals surface area contributed by atoms with Gasteiger partial charge in [0.05, 0.1) is 18.4 Å². The van der Waals surface area contributed by atoms with Crippen LogP contribution in [0.15, 0.2) is 104 Å². The van der Waals surface area contributed by atoms with Crippen LogP contribution >= 0.6 is 0 Å². The topological polar surface area (TPSA) is 208 Å². The third-order valence-corrected chi connectivity index (χ3v) is 11.4. The first-order valence-corrected chi connectivity index (χ1v) is 28.9. The summed E-state index contributed by atoms with van der Waals surface area (Å²) in [4.78, 5) is 64.9. The van der Waals surface area contributed by atoms with Crippen LogP contribution in [0, 0.1) is 17.6 Å². The first kappa shape index (κ1) is 64.5. The van der Waals surface area contributed by atoms with Crippen molar-refractivity contribution in [3.63, 3.8) is 0 Å². The van der Waals surface area contributed by atoms with Crippen LogP contribution < -0.4 is 10.9 Å². The number of carbonyl (C=O) groups excluding carboxylic acids is 5. The molecule has 2 unspecified atom stereocenters. The largest absolute Gasteiger partial charge is 0.443 e. The Labute approximate surface area is 454 Å². The van der Waals surface area contributed by atoms with Crippen LogP contribution in [0.3, 0.4) is 0 Å². The van der Waals surface area contributed by atoms with Gasteiger partial charge in [0.1, 0.15) is 45.9 Å². The van der Waals surface area contributed by atoms with E-state index >= 15 is 0 Å². The van der Waals surface area contributed by atoms with Crippen molar-refractivity contribution in [1.82, 2.24) is 30.8 Å². The Morgan fingerprint density at radius 3 is 1.47 bits per heavy atom. The summed E-state index contributed by atoms with van der Waals surface area (Å²) in [5, 5.41) is 12.2. The summed E-state index contributed by atoms with van der Waals surface area (Å²) in [6, 6.07) is 23.5. The first-order valence-electron chi connectivity index (χ1n) is 25.5. The van der Waals surface area contributed by atoms with Crippen LogP contribution in [-0.4, -0.2) is 92.7 Å². The zero-order chi connectivity index (χ0) is 58.0. The van der Waals surface area contributed by atoms with E-state index in [2.05, 4.69) is 101 Å². The van der Waals surface area contributed by atoms with Gasteiger partial charge in [-0.25, -0.2) is 43.8 Å². The van der Waals surface area contributed by atoms with Gasteiger partial charge in [0.25, 0.3) is 0 Å². The molecule has 1 saturated heterocycles. The first-order chi connectivity index (χ1) is 35.6. The number of hydrazine groups is 2. The third-order valence-electron chi connectivity index (χ3n) is 10.5. The van der Waals surface area contributed by atoms with Crippen LogP contribution in [0.2, 0.25) is 19.6 Å². The molecule has 1 aliphatic heterocycles. The summed E-state index contributed by atoms with van der Waals surface area (Å²) in [5.74, 6) is -0.432. The van der Waals surface area contributed by atoms with Crippen molar-refractivity contribution < 1.29 is 61.2 Å². The molecule has 3 heterocycles. The molecule has 0 spiro atoms. The molecule has 2 aromatic carbocycles. The summed E-state index contributed by atoms with van der Waals surface area (Å²) in [6.45, 7) is 27.3. The number of carbonyl (C=O) groups is 5. The zero-order valence-electron chi connectivity index (χ0n) is 47.3. The number of allylic oxidation sites excluding steroid dienone is 1. The number of halogens is 2. The van der Waals surface area contributed by atoms with Crippen molar-refractivity contribution in [3.8, 4) is 0 Å². The normalized spacial score (nSPS) is 16.1. The number of nitrogens with one attached hydrogen (secondary N) is 2. The van der Waals surface area contributed by atoms with Gasteiger partial charge in [-0.2, -0.15) is 5.01 Å². The molecule has 20 heteroatoms. The fraction of sp³-hybridized carbons (Fsp3) is 0.491. The quantitative estimate of drug-likeness (QED) is 0.0494. The number of pyridine rings is 2. The molecule has 0 bridgehead atoms. The number of aliphatic hydroxyl groups is 1. The lowest BCUT2D eigenvalue weighted by Crippen LogP contribution is -2.51. The zero-order valence-corrected chi connectivity index (χ0v) is 48.3. The monoisotopic (exact) mass is 1090 g/mol.